The first kappa shape index (κ1) is 19.0. The van der Waals surface area contributed by atoms with Crippen LogP contribution < -0.4 is 5.32 Å². The van der Waals surface area contributed by atoms with Crippen molar-refractivity contribution in [1.29, 1.82) is 0 Å². The van der Waals surface area contributed by atoms with E-state index in [1.165, 1.54) is 16.4 Å². The maximum absolute atomic E-state index is 12.9. The zero-order chi connectivity index (χ0) is 19.7. The molecular weight excluding hydrogens is 398 g/mol. The first-order valence-corrected chi connectivity index (χ1v) is 11.0. The van der Waals surface area contributed by atoms with E-state index in [1.807, 2.05) is 6.07 Å². The number of nitrogens with one attached hydrogen (secondary N) is 2. The van der Waals surface area contributed by atoms with Gasteiger partial charge in [-0.05, 0) is 49.2 Å². The molecule has 0 spiro atoms. The lowest BCUT2D eigenvalue weighted by Crippen LogP contribution is -2.35. The summed E-state index contributed by atoms with van der Waals surface area (Å²) in [5.74, 6) is -0.395. The van der Waals surface area contributed by atoms with Crippen LogP contribution in [0.5, 0.6) is 0 Å². The molecule has 8 heteroatoms. The molecule has 1 fully saturated rings. The van der Waals surface area contributed by atoms with Crippen molar-refractivity contribution in [3.8, 4) is 0 Å². The molecule has 0 aliphatic carbocycles. The van der Waals surface area contributed by atoms with Crippen molar-refractivity contribution in [1.82, 2.24) is 9.29 Å². The number of anilines is 1. The molecule has 4 rings (SSSR count). The van der Waals surface area contributed by atoms with Crippen molar-refractivity contribution in [3.63, 3.8) is 0 Å². The van der Waals surface area contributed by atoms with Gasteiger partial charge in [0.15, 0.2) is 0 Å². The molecule has 0 radical (unpaired) electrons. The quantitative estimate of drug-likeness (QED) is 0.665. The highest BCUT2D eigenvalue weighted by atomic mass is 35.5. The number of benzene rings is 2. The fourth-order valence-electron chi connectivity index (χ4n) is 3.48. The maximum Gasteiger partial charge on any atom is 0.255 e. The van der Waals surface area contributed by atoms with E-state index in [2.05, 4.69) is 10.3 Å². The Balaban J connectivity index is 1.62. The minimum atomic E-state index is -3.60. The van der Waals surface area contributed by atoms with Crippen LogP contribution >= 0.6 is 11.6 Å². The molecule has 0 saturated carbocycles. The molecule has 1 saturated heterocycles. The monoisotopic (exact) mass is 417 g/mol. The summed E-state index contributed by atoms with van der Waals surface area (Å²) in [6.45, 7) is 1.04. The van der Waals surface area contributed by atoms with Gasteiger partial charge in [0.2, 0.25) is 10.0 Å². The Bertz CT molecular complexity index is 1130. The van der Waals surface area contributed by atoms with Crippen LogP contribution in [0.15, 0.2) is 53.6 Å². The van der Waals surface area contributed by atoms with Gasteiger partial charge < -0.3 is 10.3 Å². The number of aromatic nitrogens is 1. The molecule has 1 aromatic heterocycles. The van der Waals surface area contributed by atoms with Crippen molar-refractivity contribution in [3.05, 3.63) is 59.2 Å². The van der Waals surface area contributed by atoms with Crippen LogP contribution in [0.3, 0.4) is 0 Å². The largest absolute Gasteiger partial charge is 0.359 e. The zero-order valence-electron chi connectivity index (χ0n) is 15.1. The summed E-state index contributed by atoms with van der Waals surface area (Å²) in [6.07, 6.45) is 4.53. The molecule has 0 unspecified atom stereocenters. The van der Waals surface area contributed by atoms with Gasteiger partial charge in [0.1, 0.15) is 0 Å². The SMILES string of the molecule is O=C(Nc1cc(Cl)cc2cc[nH]c12)c1cccc(S(=O)(=O)N2CCCCC2)c1. The van der Waals surface area contributed by atoms with Crippen LogP contribution in [0.2, 0.25) is 5.02 Å². The van der Waals surface area contributed by atoms with E-state index in [0.29, 0.717) is 23.8 Å². The summed E-state index contributed by atoms with van der Waals surface area (Å²) >= 11 is 6.13. The normalized spacial score (nSPS) is 15.6. The third kappa shape index (κ3) is 3.65. The van der Waals surface area contributed by atoms with Gasteiger partial charge in [-0.3, -0.25) is 4.79 Å². The number of sulfonamides is 1. The predicted molar refractivity (Wildman–Crippen MR) is 110 cm³/mol. The van der Waals surface area contributed by atoms with Gasteiger partial charge in [0.05, 0.1) is 16.1 Å². The third-order valence-electron chi connectivity index (χ3n) is 4.92. The number of aromatic amines is 1. The molecule has 1 amide bonds. The second kappa shape index (κ2) is 7.58. The Morgan fingerprint density at radius 3 is 2.64 bits per heavy atom. The lowest BCUT2D eigenvalue weighted by atomic mass is 10.2. The number of piperidine rings is 1. The van der Waals surface area contributed by atoms with Crippen LogP contribution in [-0.2, 0) is 10.0 Å². The van der Waals surface area contributed by atoms with Gasteiger partial charge >= 0.3 is 0 Å². The van der Waals surface area contributed by atoms with Gasteiger partial charge in [-0.1, -0.05) is 24.1 Å². The van der Waals surface area contributed by atoms with Gasteiger partial charge in [-0.25, -0.2) is 8.42 Å². The summed E-state index contributed by atoms with van der Waals surface area (Å²) in [4.78, 5) is 16.0. The molecule has 1 aliphatic heterocycles. The average Bonchev–Trinajstić information content (AvgIpc) is 3.17. The van der Waals surface area contributed by atoms with Crippen LogP contribution in [0.4, 0.5) is 5.69 Å². The number of fused-ring (bicyclic) bond motifs is 1. The van der Waals surface area contributed by atoms with Crippen LogP contribution in [0.25, 0.3) is 10.9 Å². The van der Waals surface area contributed by atoms with Gasteiger partial charge in [0.25, 0.3) is 5.91 Å². The number of amides is 1. The van der Waals surface area contributed by atoms with Crippen LogP contribution in [0.1, 0.15) is 29.6 Å². The lowest BCUT2D eigenvalue weighted by Gasteiger charge is -2.26. The Kier molecular flexibility index (Phi) is 5.14. The second-order valence-electron chi connectivity index (χ2n) is 6.84. The number of halogens is 1. The highest BCUT2D eigenvalue weighted by molar-refractivity contribution is 7.89. The Hall–Kier alpha value is -2.35. The second-order valence-corrected chi connectivity index (χ2v) is 9.22. The van der Waals surface area contributed by atoms with Gasteiger partial charge in [-0.2, -0.15) is 4.31 Å². The van der Waals surface area contributed by atoms with Crippen molar-refractivity contribution in [2.75, 3.05) is 18.4 Å². The molecule has 146 valence electrons. The summed E-state index contributed by atoms with van der Waals surface area (Å²) < 4.78 is 27.2. The number of carbonyl (C=O) groups is 1. The third-order valence-corrected chi connectivity index (χ3v) is 7.03. The zero-order valence-corrected chi connectivity index (χ0v) is 16.7. The van der Waals surface area contributed by atoms with Gasteiger partial charge in [-0.15, -0.1) is 0 Å². The molecule has 3 aromatic rings. The minimum Gasteiger partial charge on any atom is -0.359 e. The van der Waals surface area contributed by atoms with E-state index >= 15 is 0 Å². The lowest BCUT2D eigenvalue weighted by molar-refractivity contribution is 0.102. The van der Waals surface area contributed by atoms with Crippen molar-refractivity contribution >= 4 is 44.1 Å². The summed E-state index contributed by atoms with van der Waals surface area (Å²) in [7, 11) is -3.60. The standard InChI is InChI=1S/C20H20ClN3O3S/c21-16-11-14-7-8-22-19(14)18(13-16)23-20(25)15-5-4-6-17(12-15)28(26,27)24-9-2-1-3-10-24/h4-8,11-13,22H,1-3,9-10H2,(H,23,25). The number of nitrogens with zero attached hydrogens (tertiary/aromatic N) is 1. The van der Waals surface area contributed by atoms with Crippen molar-refractivity contribution in [2.24, 2.45) is 0 Å². The number of hydrogen-bond acceptors (Lipinski definition) is 3. The number of rotatable bonds is 4. The maximum atomic E-state index is 12.9. The molecule has 6 nitrogen and oxygen atoms in total. The molecule has 2 N–H and O–H groups in total. The fourth-order valence-corrected chi connectivity index (χ4v) is 5.27. The van der Waals surface area contributed by atoms with E-state index in [-0.39, 0.29) is 10.5 Å². The topological polar surface area (TPSA) is 82.3 Å². The predicted octanol–water partition coefficient (Wildman–Crippen LogP) is 4.25. The van der Waals surface area contributed by atoms with E-state index in [4.69, 9.17) is 11.6 Å². The fraction of sp³-hybridized carbons (Fsp3) is 0.250. The van der Waals surface area contributed by atoms with E-state index < -0.39 is 15.9 Å². The van der Waals surface area contributed by atoms with Crippen molar-refractivity contribution in [2.45, 2.75) is 24.2 Å². The smallest absolute Gasteiger partial charge is 0.255 e. The van der Waals surface area contributed by atoms with Gasteiger partial charge in [0, 0.05) is 35.3 Å². The van der Waals surface area contributed by atoms with Crippen molar-refractivity contribution < 1.29 is 13.2 Å². The van der Waals surface area contributed by atoms with Crippen LogP contribution in [-0.4, -0.2) is 36.7 Å². The summed E-state index contributed by atoms with van der Waals surface area (Å²) in [5, 5.41) is 4.21. The Morgan fingerprint density at radius 1 is 1.07 bits per heavy atom. The molecule has 0 atom stereocenters. The molecule has 0 bridgehead atoms. The molecule has 1 aliphatic rings. The highest BCUT2D eigenvalue weighted by Crippen LogP contribution is 2.28. The average molecular weight is 418 g/mol. The Labute approximate surface area is 168 Å². The number of H-pyrrole nitrogens is 1. The first-order valence-electron chi connectivity index (χ1n) is 9.13. The van der Waals surface area contributed by atoms with E-state index in [9.17, 15) is 13.2 Å². The molecular formula is C20H20ClN3O3S. The molecule has 2 aromatic carbocycles. The van der Waals surface area contributed by atoms with E-state index in [1.54, 1.807) is 30.5 Å². The minimum absolute atomic E-state index is 0.137. The van der Waals surface area contributed by atoms with E-state index in [0.717, 1.165) is 30.2 Å². The number of carbonyl (C=O) groups excluding carboxylic acids is 1. The molecule has 28 heavy (non-hydrogen) atoms. The Morgan fingerprint density at radius 2 is 1.86 bits per heavy atom. The summed E-state index contributed by atoms with van der Waals surface area (Å²) in [5.41, 5.74) is 1.58. The highest BCUT2D eigenvalue weighted by Gasteiger charge is 2.26. The molecule has 2 heterocycles. The summed E-state index contributed by atoms with van der Waals surface area (Å²) in [6, 6.07) is 11.5. The first-order chi connectivity index (χ1) is 13.4. The van der Waals surface area contributed by atoms with Crippen LogP contribution in [0, 0.1) is 0 Å². The number of hydrogen-bond donors (Lipinski definition) is 2.